The van der Waals surface area contributed by atoms with Crippen LogP contribution in [0, 0.1) is 0 Å². The Labute approximate surface area is 69.8 Å². The zero-order valence-electron chi connectivity index (χ0n) is 8.14. The molecule has 11 heavy (non-hydrogen) atoms. The van der Waals surface area contributed by atoms with Crippen LogP contribution in [0.25, 0.3) is 0 Å². The molecule has 0 aliphatic heterocycles. The van der Waals surface area contributed by atoms with Crippen LogP contribution in [0.1, 0.15) is 47.0 Å². The summed E-state index contributed by atoms with van der Waals surface area (Å²) in [4.78, 5) is 10.1. The minimum absolute atomic E-state index is 0.119. The highest BCUT2D eigenvalue weighted by Gasteiger charge is 2.18. The minimum Gasteiger partial charge on any atom is -0.236 e. The van der Waals surface area contributed by atoms with Crippen LogP contribution in [0.15, 0.2) is 0 Å². The lowest BCUT2D eigenvalue weighted by Gasteiger charge is -2.22. The summed E-state index contributed by atoms with van der Waals surface area (Å²) < 4.78 is 0. The summed E-state index contributed by atoms with van der Waals surface area (Å²) in [5, 5.41) is 0. The molecule has 0 N–H and O–H groups in total. The van der Waals surface area contributed by atoms with E-state index in [1.54, 1.807) is 0 Å². The van der Waals surface area contributed by atoms with E-state index >= 15 is 0 Å². The Morgan fingerprint density at radius 2 is 1.82 bits per heavy atom. The molecule has 0 saturated heterocycles. The predicted octanol–water partition coefficient (Wildman–Crippen LogP) is 2.92. The smallest absolute Gasteiger partial charge is 0.0980 e. The molecule has 0 atom stereocenters. The van der Waals surface area contributed by atoms with Crippen molar-refractivity contribution in [2.24, 2.45) is 0 Å². The molecule has 0 rings (SSSR count). The summed E-state index contributed by atoms with van der Waals surface area (Å²) in [6.07, 6.45) is 3.46. The third-order valence-electron chi connectivity index (χ3n) is 1.53. The Hall–Kier alpha value is -0.0800. The van der Waals surface area contributed by atoms with Crippen LogP contribution < -0.4 is 0 Å². The van der Waals surface area contributed by atoms with E-state index in [1.165, 1.54) is 12.8 Å². The van der Waals surface area contributed by atoms with Gasteiger partial charge in [-0.3, -0.25) is 0 Å². The fourth-order valence-electron chi connectivity index (χ4n) is 0.863. The molecular formula is C9H20O2. The van der Waals surface area contributed by atoms with Gasteiger partial charge in [0.15, 0.2) is 0 Å². The SMILES string of the molecule is CCCCC(C)(C)OOCC. The molecule has 0 aromatic heterocycles. The second-order valence-electron chi connectivity index (χ2n) is 3.35. The highest BCUT2D eigenvalue weighted by atomic mass is 17.2. The van der Waals surface area contributed by atoms with Crippen molar-refractivity contribution in [2.75, 3.05) is 6.61 Å². The Kier molecular flexibility index (Phi) is 5.51. The Balaban J connectivity index is 3.43. The Bertz CT molecular complexity index is 79.6. The first kappa shape index (κ1) is 10.9. The van der Waals surface area contributed by atoms with E-state index < -0.39 is 0 Å². The number of hydrogen-bond acceptors (Lipinski definition) is 2. The van der Waals surface area contributed by atoms with Crippen molar-refractivity contribution in [1.82, 2.24) is 0 Å². The van der Waals surface area contributed by atoms with E-state index in [0.29, 0.717) is 6.61 Å². The molecule has 0 spiro atoms. The standard InChI is InChI=1S/C9H20O2/c1-5-7-8-9(3,4)11-10-6-2/h5-8H2,1-4H3. The third-order valence-corrected chi connectivity index (χ3v) is 1.53. The van der Waals surface area contributed by atoms with Gasteiger partial charge in [0.25, 0.3) is 0 Å². The summed E-state index contributed by atoms with van der Waals surface area (Å²) in [5.41, 5.74) is -0.119. The largest absolute Gasteiger partial charge is 0.236 e. The van der Waals surface area contributed by atoms with Crippen molar-refractivity contribution < 1.29 is 9.78 Å². The van der Waals surface area contributed by atoms with E-state index in [-0.39, 0.29) is 5.60 Å². The second-order valence-corrected chi connectivity index (χ2v) is 3.35. The molecular weight excluding hydrogens is 140 g/mol. The Morgan fingerprint density at radius 1 is 1.18 bits per heavy atom. The highest BCUT2D eigenvalue weighted by molar-refractivity contribution is 4.65. The maximum atomic E-state index is 5.18. The maximum absolute atomic E-state index is 5.18. The van der Waals surface area contributed by atoms with Gasteiger partial charge in [0.05, 0.1) is 12.2 Å². The van der Waals surface area contributed by atoms with Crippen molar-refractivity contribution >= 4 is 0 Å². The van der Waals surface area contributed by atoms with Gasteiger partial charge in [-0.15, -0.1) is 0 Å². The van der Waals surface area contributed by atoms with Crippen LogP contribution >= 0.6 is 0 Å². The lowest BCUT2D eigenvalue weighted by Crippen LogP contribution is -2.24. The van der Waals surface area contributed by atoms with Gasteiger partial charge in [-0.2, -0.15) is 0 Å². The van der Waals surface area contributed by atoms with Gasteiger partial charge in [0.2, 0.25) is 0 Å². The molecule has 0 heterocycles. The zero-order valence-corrected chi connectivity index (χ0v) is 8.14. The van der Waals surface area contributed by atoms with Crippen molar-refractivity contribution in [3.8, 4) is 0 Å². The van der Waals surface area contributed by atoms with Gasteiger partial charge < -0.3 is 0 Å². The molecule has 0 fully saturated rings. The van der Waals surface area contributed by atoms with E-state index in [1.807, 2.05) is 6.92 Å². The zero-order chi connectivity index (χ0) is 8.74. The third kappa shape index (κ3) is 6.32. The van der Waals surface area contributed by atoms with Gasteiger partial charge >= 0.3 is 0 Å². The topological polar surface area (TPSA) is 18.5 Å². The summed E-state index contributed by atoms with van der Waals surface area (Å²) >= 11 is 0. The van der Waals surface area contributed by atoms with Crippen molar-refractivity contribution in [3.05, 3.63) is 0 Å². The average Bonchev–Trinajstić information content (AvgIpc) is 1.97. The Morgan fingerprint density at radius 3 is 2.27 bits per heavy atom. The van der Waals surface area contributed by atoms with Crippen LogP contribution in [0.5, 0.6) is 0 Å². The quantitative estimate of drug-likeness (QED) is 0.439. The van der Waals surface area contributed by atoms with Crippen molar-refractivity contribution in [2.45, 2.75) is 52.6 Å². The fourth-order valence-corrected chi connectivity index (χ4v) is 0.863. The van der Waals surface area contributed by atoms with E-state index in [4.69, 9.17) is 9.78 Å². The van der Waals surface area contributed by atoms with Crippen LogP contribution in [0.2, 0.25) is 0 Å². The highest BCUT2D eigenvalue weighted by Crippen LogP contribution is 2.17. The van der Waals surface area contributed by atoms with E-state index in [0.717, 1.165) is 6.42 Å². The minimum atomic E-state index is -0.119. The molecule has 0 aliphatic rings. The van der Waals surface area contributed by atoms with Gasteiger partial charge in [-0.05, 0) is 27.2 Å². The van der Waals surface area contributed by atoms with E-state index in [9.17, 15) is 0 Å². The van der Waals surface area contributed by atoms with Crippen molar-refractivity contribution in [1.29, 1.82) is 0 Å². The first-order chi connectivity index (χ1) is 5.12. The summed E-state index contributed by atoms with van der Waals surface area (Å²) in [5.74, 6) is 0. The van der Waals surface area contributed by atoms with Gasteiger partial charge in [-0.25, -0.2) is 9.78 Å². The first-order valence-electron chi connectivity index (χ1n) is 4.43. The van der Waals surface area contributed by atoms with Crippen LogP contribution in [0.3, 0.4) is 0 Å². The summed E-state index contributed by atoms with van der Waals surface area (Å²) in [7, 11) is 0. The molecule has 0 amide bonds. The molecule has 0 unspecified atom stereocenters. The number of rotatable bonds is 6. The lowest BCUT2D eigenvalue weighted by molar-refractivity contribution is -0.351. The number of hydrogen-bond donors (Lipinski definition) is 0. The average molecular weight is 160 g/mol. The predicted molar refractivity (Wildman–Crippen MR) is 46.3 cm³/mol. The van der Waals surface area contributed by atoms with Crippen LogP contribution in [-0.4, -0.2) is 12.2 Å². The summed E-state index contributed by atoms with van der Waals surface area (Å²) in [6, 6.07) is 0. The lowest BCUT2D eigenvalue weighted by atomic mass is 10.0. The molecule has 0 saturated carbocycles. The van der Waals surface area contributed by atoms with Crippen LogP contribution in [0.4, 0.5) is 0 Å². The fraction of sp³-hybridized carbons (Fsp3) is 1.00. The summed E-state index contributed by atoms with van der Waals surface area (Å²) in [6.45, 7) is 8.83. The molecule has 0 bridgehead atoms. The molecule has 0 aromatic rings. The molecule has 2 heteroatoms. The van der Waals surface area contributed by atoms with E-state index in [2.05, 4.69) is 20.8 Å². The molecule has 0 radical (unpaired) electrons. The van der Waals surface area contributed by atoms with Crippen molar-refractivity contribution in [3.63, 3.8) is 0 Å². The second kappa shape index (κ2) is 5.56. The normalized spacial score (nSPS) is 12.0. The van der Waals surface area contributed by atoms with Crippen LogP contribution in [-0.2, 0) is 9.78 Å². The maximum Gasteiger partial charge on any atom is 0.0980 e. The molecule has 2 nitrogen and oxygen atoms in total. The van der Waals surface area contributed by atoms with Gasteiger partial charge in [0.1, 0.15) is 0 Å². The monoisotopic (exact) mass is 160 g/mol. The van der Waals surface area contributed by atoms with Gasteiger partial charge in [-0.1, -0.05) is 19.8 Å². The molecule has 68 valence electrons. The first-order valence-corrected chi connectivity index (χ1v) is 4.43. The molecule has 0 aliphatic carbocycles. The number of unbranched alkanes of at least 4 members (excludes halogenated alkanes) is 1. The molecule has 0 aromatic carbocycles. The van der Waals surface area contributed by atoms with Gasteiger partial charge in [0, 0.05) is 0 Å².